The molecule has 2 aliphatic rings. The monoisotopic (exact) mass is 226 g/mol. The maximum atomic E-state index is 10.2. The van der Waals surface area contributed by atoms with Crippen LogP contribution in [0.2, 0.25) is 0 Å². The highest BCUT2D eigenvalue weighted by atomic mass is 16.4. The number of allylic oxidation sites excluding steroid dienone is 7. The number of hydrogen-bond acceptors (Lipinski definition) is 2. The first-order valence-electron chi connectivity index (χ1n) is 5.90. The number of rotatable bonds is 1. The highest BCUT2D eigenvalue weighted by Crippen LogP contribution is 2.38. The van der Waals surface area contributed by atoms with Gasteiger partial charge in [0.05, 0.1) is 6.26 Å². The Balaban J connectivity index is 2.08. The Morgan fingerprint density at radius 1 is 1.18 bits per heavy atom. The van der Waals surface area contributed by atoms with E-state index in [1.165, 1.54) is 11.1 Å². The molecule has 0 unspecified atom stereocenters. The van der Waals surface area contributed by atoms with Crippen LogP contribution in [0.25, 0.3) is 5.76 Å². The number of aliphatic hydroxyl groups is 1. The summed E-state index contributed by atoms with van der Waals surface area (Å²) in [5.41, 5.74) is 3.51. The first kappa shape index (κ1) is 10.2. The summed E-state index contributed by atoms with van der Waals surface area (Å²) < 4.78 is 5.25. The van der Waals surface area contributed by atoms with Crippen molar-refractivity contribution < 1.29 is 9.52 Å². The van der Waals surface area contributed by atoms with E-state index in [0.717, 1.165) is 24.8 Å². The van der Waals surface area contributed by atoms with Gasteiger partial charge in [0.1, 0.15) is 0 Å². The maximum Gasteiger partial charge on any atom is 0.168 e. The molecule has 3 rings (SSSR count). The predicted octanol–water partition coefficient (Wildman–Crippen LogP) is 4.16. The smallest absolute Gasteiger partial charge is 0.168 e. The zero-order chi connectivity index (χ0) is 11.7. The summed E-state index contributed by atoms with van der Waals surface area (Å²) in [6.45, 7) is 0. The third kappa shape index (κ3) is 1.76. The van der Waals surface area contributed by atoms with E-state index < -0.39 is 0 Å². The summed E-state index contributed by atoms with van der Waals surface area (Å²) in [6.07, 6.45) is 12.9. The molecule has 0 radical (unpaired) electrons. The Bertz CT molecular complexity index is 525. The minimum atomic E-state index is 0.295. The topological polar surface area (TPSA) is 33.4 Å². The zero-order valence-corrected chi connectivity index (χ0v) is 9.52. The summed E-state index contributed by atoms with van der Waals surface area (Å²) in [5.74, 6) is 0.856. The summed E-state index contributed by atoms with van der Waals surface area (Å²) in [5, 5.41) is 10.2. The van der Waals surface area contributed by atoms with Gasteiger partial charge in [0.15, 0.2) is 11.5 Å². The molecule has 17 heavy (non-hydrogen) atoms. The van der Waals surface area contributed by atoms with Gasteiger partial charge in [-0.3, -0.25) is 0 Å². The van der Waals surface area contributed by atoms with Gasteiger partial charge >= 0.3 is 0 Å². The minimum absolute atomic E-state index is 0.295. The van der Waals surface area contributed by atoms with Crippen LogP contribution in [-0.4, -0.2) is 5.11 Å². The van der Waals surface area contributed by atoms with Gasteiger partial charge in [-0.25, -0.2) is 0 Å². The third-order valence-electron chi connectivity index (χ3n) is 3.27. The van der Waals surface area contributed by atoms with Gasteiger partial charge in [-0.05, 0) is 42.5 Å². The van der Waals surface area contributed by atoms with Crippen LogP contribution in [0.4, 0.5) is 0 Å². The van der Waals surface area contributed by atoms with Gasteiger partial charge in [0, 0.05) is 5.57 Å². The van der Waals surface area contributed by atoms with Crippen molar-refractivity contribution in [2.24, 2.45) is 0 Å². The Kier molecular flexibility index (Phi) is 2.48. The summed E-state index contributed by atoms with van der Waals surface area (Å²) >= 11 is 0. The lowest BCUT2D eigenvalue weighted by Crippen LogP contribution is -1.90. The maximum absolute atomic E-state index is 10.2. The van der Waals surface area contributed by atoms with Crippen LogP contribution < -0.4 is 0 Å². The second-order valence-corrected chi connectivity index (χ2v) is 4.31. The van der Waals surface area contributed by atoms with Crippen molar-refractivity contribution in [2.45, 2.75) is 19.3 Å². The van der Waals surface area contributed by atoms with E-state index in [4.69, 9.17) is 4.42 Å². The quantitative estimate of drug-likeness (QED) is 0.729. The van der Waals surface area contributed by atoms with Crippen LogP contribution >= 0.6 is 0 Å². The Morgan fingerprint density at radius 2 is 2.00 bits per heavy atom. The molecule has 2 heteroatoms. The Hall–Kier alpha value is -1.96. The van der Waals surface area contributed by atoms with E-state index >= 15 is 0 Å². The fourth-order valence-corrected chi connectivity index (χ4v) is 2.46. The highest BCUT2D eigenvalue weighted by Gasteiger charge is 2.22. The molecule has 0 atom stereocenters. The molecule has 1 N–H and O–H groups in total. The second-order valence-electron chi connectivity index (χ2n) is 4.31. The summed E-state index contributed by atoms with van der Waals surface area (Å²) in [7, 11) is 0. The minimum Gasteiger partial charge on any atom is -0.504 e. The first-order chi connectivity index (χ1) is 8.36. The molecule has 0 bridgehead atoms. The van der Waals surface area contributed by atoms with Gasteiger partial charge in [-0.1, -0.05) is 24.3 Å². The van der Waals surface area contributed by atoms with Gasteiger partial charge < -0.3 is 9.52 Å². The van der Waals surface area contributed by atoms with E-state index in [1.807, 2.05) is 12.2 Å². The number of hydrogen-bond donors (Lipinski definition) is 1. The molecule has 86 valence electrons. The Morgan fingerprint density at radius 3 is 2.71 bits per heavy atom. The Labute approximate surface area is 100 Å². The third-order valence-corrected chi connectivity index (χ3v) is 3.27. The predicted molar refractivity (Wildman–Crippen MR) is 67.4 cm³/mol. The fourth-order valence-electron chi connectivity index (χ4n) is 2.46. The van der Waals surface area contributed by atoms with Crippen molar-refractivity contribution in [1.82, 2.24) is 0 Å². The lowest BCUT2D eigenvalue weighted by molar-refractivity contribution is 0.455. The largest absolute Gasteiger partial charge is 0.504 e. The van der Waals surface area contributed by atoms with Gasteiger partial charge in [0.25, 0.3) is 0 Å². The van der Waals surface area contributed by atoms with Crippen LogP contribution in [-0.2, 0) is 0 Å². The van der Waals surface area contributed by atoms with Crippen LogP contribution in [0.1, 0.15) is 25.0 Å². The molecular weight excluding hydrogens is 212 g/mol. The van der Waals surface area contributed by atoms with Crippen LogP contribution in [0.5, 0.6) is 0 Å². The van der Waals surface area contributed by atoms with E-state index in [0.29, 0.717) is 11.5 Å². The van der Waals surface area contributed by atoms with E-state index in [-0.39, 0.29) is 0 Å². The van der Waals surface area contributed by atoms with Crippen LogP contribution in [0.3, 0.4) is 0 Å². The van der Waals surface area contributed by atoms with E-state index in [1.54, 1.807) is 18.4 Å². The van der Waals surface area contributed by atoms with Crippen molar-refractivity contribution in [3.05, 3.63) is 65.2 Å². The molecule has 0 aliphatic heterocycles. The highest BCUT2D eigenvalue weighted by molar-refractivity contribution is 5.66. The molecule has 1 fully saturated rings. The zero-order valence-electron chi connectivity index (χ0n) is 9.52. The van der Waals surface area contributed by atoms with Crippen molar-refractivity contribution in [2.75, 3.05) is 0 Å². The summed E-state index contributed by atoms with van der Waals surface area (Å²) in [6, 6.07) is 3.59. The SMILES string of the molecule is OC(=C1CCCC1=C1C=CC=C1)c1ccco1. The number of aliphatic hydroxyl groups excluding tert-OH is 1. The standard InChI is InChI=1S/C15H14O2/c16-15(14-9-4-10-17-14)13-8-3-7-12(13)11-5-1-2-6-11/h1-2,4-6,9-10,16H,3,7-8H2. The fraction of sp³-hybridized carbons (Fsp3) is 0.200. The van der Waals surface area contributed by atoms with Crippen molar-refractivity contribution >= 4 is 5.76 Å². The average Bonchev–Trinajstić information content (AvgIpc) is 3.09. The van der Waals surface area contributed by atoms with Crippen molar-refractivity contribution in [3.63, 3.8) is 0 Å². The molecule has 2 aliphatic carbocycles. The lowest BCUT2D eigenvalue weighted by atomic mass is 10.0. The van der Waals surface area contributed by atoms with Gasteiger partial charge in [-0.2, -0.15) is 0 Å². The molecule has 1 saturated carbocycles. The van der Waals surface area contributed by atoms with E-state index in [9.17, 15) is 5.11 Å². The van der Waals surface area contributed by atoms with Crippen molar-refractivity contribution in [1.29, 1.82) is 0 Å². The number of furan rings is 1. The van der Waals surface area contributed by atoms with Crippen LogP contribution in [0, 0.1) is 0 Å². The molecule has 1 aromatic heterocycles. The molecular formula is C15H14O2. The van der Waals surface area contributed by atoms with Crippen molar-refractivity contribution in [3.8, 4) is 0 Å². The molecule has 1 heterocycles. The summed E-state index contributed by atoms with van der Waals surface area (Å²) in [4.78, 5) is 0. The molecule has 0 amide bonds. The van der Waals surface area contributed by atoms with Gasteiger partial charge in [0.2, 0.25) is 0 Å². The van der Waals surface area contributed by atoms with E-state index in [2.05, 4.69) is 12.2 Å². The second kappa shape index (κ2) is 4.13. The molecule has 2 nitrogen and oxygen atoms in total. The molecule has 0 spiro atoms. The van der Waals surface area contributed by atoms with Gasteiger partial charge in [-0.15, -0.1) is 0 Å². The average molecular weight is 226 g/mol. The van der Waals surface area contributed by atoms with Crippen LogP contribution in [0.15, 0.2) is 63.8 Å². The molecule has 0 saturated heterocycles. The molecule has 0 aromatic carbocycles. The normalized spacial score (nSPS) is 21.6. The molecule has 1 aromatic rings. The lowest BCUT2D eigenvalue weighted by Gasteiger charge is -2.06. The first-order valence-corrected chi connectivity index (χ1v) is 5.90.